The molecule has 0 aliphatic heterocycles. The van der Waals surface area contributed by atoms with Crippen LogP contribution in [0.5, 0.6) is 23.0 Å². The van der Waals surface area contributed by atoms with Crippen LogP contribution in [0.3, 0.4) is 0 Å². The minimum atomic E-state index is -0.687. The molecule has 1 amide bonds. The Morgan fingerprint density at radius 3 is 2.32 bits per heavy atom. The maximum Gasteiger partial charge on any atom is 0.268 e. The molecule has 0 radical (unpaired) electrons. The number of allylic oxidation sites excluding steroid dienone is 1. The first kappa shape index (κ1) is 21.8. The van der Waals surface area contributed by atoms with Gasteiger partial charge in [-0.25, -0.2) is 0 Å². The third-order valence-corrected chi connectivity index (χ3v) is 4.89. The first-order valence-corrected chi connectivity index (χ1v) is 9.48. The van der Waals surface area contributed by atoms with Gasteiger partial charge in [0.05, 0.1) is 26.8 Å². The zero-order valence-electron chi connectivity index (χ0n) is 17.6. The van der Waals surface area contributed by atoms with Crippen molar-refractivity contribution in [2.24, 2.45) is 0 Å². The molecule has 0 aliphatic rings. The number of rotatable bonds is 8. The van der Waals surface area contributed by atoms with Crippen LogP contribution >= 0.6 is 0 Å². The van der Waals surface area contributed by atoms with Gasteiger partial charge in [0.25, 0.3) is 11.5 Å². The summed E-state index contributed by atoms with van der Waals surface area (Å²) in [5.41, 5.74) is 0.221. The van der Waals surface area contributed by atoms with E-state index in [2.05, 4.69) is 11.9 Å². The summed E-state index contributed by atoms with van der Waals surface area (Å²) in [6.07, 6.45) is 1.54. The van der Waals surface area contributed by atoms with Gasteiger partial charge in [-0.1, -0.05) is 18.2 Å². The highest BCUT2D eigenvalue weighted by atomic mass is 16.5. The fourth-order valence-electron chi connectivity index (χ4n) is 3.29. The van der Waals surface area contributed by atoms with Crippen molar-refractivity contribution < 1.29 is 24.1 Å². The largest absolute Gasteiger partial charge is 0.506 e. The van der Waals surface area contributed by atoms with E-state index in [4.69, 9.17) is 14.2 Å². The van der Waals surface area contributed by atoms with Gasteiger partial charge in [-0.05, 0) is 23.8 Å². The number of amides is 1. The van der Waals surface area contributed by atoms with Crippen molar-refractivity contribution in [3.63, 3.8) is 0 Å². The normalized spacial score (nSPS) is 10.5. The number of pyridine rings is 1. The highest BCUT2D eigenvalue weighted by Crippen LogP contribution is 2.36. The molecule has 8 nitrogen and oxygen atoms in total. The van der Waals surface area contributed by atoms with E-state index >= 15 is 0 Å². The van der Waals surface area contributed by atoms with Crippen LogP contribution in [0.1, 0.15) is 15.9 Å². The van der Waals surface area contributed by atoms with Crippen LogP contribution in [0, 0.1) is 0 Å². The van der Waals surface area contributed by atoms with Gasteiger partial charge in [0.1, 0.15) is 17.1 Å². The fraction of sp³-hybridized carbons (Fsp3) is 0.217. The Kier molecular flexibility index (Phi) is 6.49. The number of carbonyl (C=O) groups excluding carboxylic acids is 1. The topological polar surface area (TPSA) is 99.0 Å². The third-order valence-electron chi connectivity index (χ3n) is 4.89. The van der Waals surface area contributed by atoms with E-state index in [1.807, 2.05) is 0 Å². The van der Waals surface area contributed by atoms with Crippen LogP contribution < -0.4 is 25.1 Å². The summed E-state index contributed by atoms with van der Waals surface area (Å²) < 4.78 is 17.1. The van der Waals surface area contributed by atoms with Gasteiger partial charge in [0, 0.05) is 24.5 Å². The van der Waals surface area contributed by atoms with Crippen LogP contribution in [0.2, 0.25) is 0 Å². The molecule has 0 fully saturated rings. The molecule has 2 N–H and O–H groups in total. The predicted octanol–water partition coefficient (Wildman–Crippen LogP) is 2.85. The molecule has 31 heavy (non-hydrogen) atoms. The van der Waals surface area contributed by atoms with E-state index < -0.39 is 17.2 Å². The van der Waals surface area contributed by atoms with Gasteiger partial charge < -0.3 is 29.2 Å². The second kappa shape index (κ2) is 9.25. The number of fused-ring (bicyclic) bond motifs is 1. The van der Waals surface area contributed by atoms with Crippen LogP contribution in [0.15, 0.2) is 53.8 Å². The lowest BCUT2D eigenvalue weighted by Crippen LogP contribution is -2.33. The molecule has 8 heteroatoms. The second-order valence-electron chi connectivity index (χ2n) is 6.68. The van der Waals surface area contributed by atoms with Gasteiger partial charge in [-0.15, -0.1) is 6.58 Å². The van der Waals surface area contributed by atoms with E-state index in [9.17, 15) is 14.7 Å². The maximum absolute atomic E-state index is 13.1. The average Bonchev–Trinajstić information content (AvgIpc) is 2.79. The Morgan fingerprint density at radius 1 is 1.10 bits per heavy atom. The van der Waals surface area contributed by atoms with Crippen LogP contribution in [-0.2, 0) is 13.1 Å². The highest BCUT2D eigenvalue weighted by Gasteiger charge is 2.23. The lowest BCUT2D eigenvalue weighted by molar-refractivity contribution is 0.0946. The summed E-state index contributed by atoms with van der Waals surface area (Å²) >= 11 is 0. The molecule has 2 aromatic carbocycles. The molecule has 0 unspecified atom stereocenters. The van der Waals surface area contributed by atoms with Crippen LogP contribution in [-0.4, -0.2) is 36.9 Å². The molecule has 0 spiro atoms. The van der Waals surface area contributed by atoms with E-state index in [1.54, 1.807) is 37.4 Å². The number of benzene rings is 2. The molecule has 0 bridgehead atoms. The van der Waals surface area contributed by atoms with Gasteiger partial charge >= 0.3 is 0 Å². The SMILES string of the molecule is C=CCn1c(=O)c(C(=O)NCc2ccc(OC)cc2)c(O)c2cc(OC)c(OC)cc21. The maximum atomic E-state index is 13.1. The van der Waals surface area contributed by atoms with E-state index in [1.165, 1.54) is 30.9 Å². The summed E-state index contributed by atoms with van der Waals surface area (Å²) in [4.78, 5) is 26.0. The number of methoxy groups -OCH3 is 3. The summed E-state index contributed by atoms with van der Waals surface area (Å²) in [5, 5.41) is 13.8. The Labute approximate surface area is 179 Å². The van der Waals surface area contributed by atoms with Gasteiger partial charge in [-0.2, -0.15) is 0 Å². The number of aromatic nitrogens is 1. The smallest absolute Gasteiger partial charge is 0.268 e. The summed E-state index contributed by atoms with van der Waals surface area (Å²) in [5.74, 6) is 0.335. The first-order valence-electron chi connectivity index (χ1n) is 9.48. The van der Waals surface area contributed by atoms with Crippen molar-refractivity contribution in [1.82, 2.24) is 9.88 Å². The molecule has 0 aliphatic carbocycles. The fourth-order valence-corrected chi connectivity index (χ4v) is 3.29. The summed E-state index contributed by atoms with van der Waals surface area (Å²) in [6.45, 7) is 3.99. The van der Waals surface area contributed by atoms with Crippen LogP contribution in [0.25, 0.3) is 10.9 Å². The second-order valence-corrected chi connectivity index (χ2v) is 6.68. The van der Waals surface area contributed by atoms with Crippen LogP contribution in [0.4, 0.5) is 0 Å². The number of hydrogen-bond acceptors (Lipinski definition) is 6. The zero-order chi connectivity index (χ0) is 22.5. The Bertz CT molecular complexity index is 1180. The predicted molar refractivity (Wildman–Crippen MR) is 117 cm³/mol. The molecule has 1 heterocycles. The summed E-state index contributed by atoms with van der Waals surface area (Å²) in [7, 11) is 4.50. The Morgan fingerprint density at radius 2 is 1.74 bits per heavy atom. The zero-order valence-corrected chi connectivity index (χ0v) is 17.6. The van der Waals surface area contributed by atoms with Crippen molar-refractivity contribution in [2.45, 2.75) is 13.1 Å². The Hall–Kier alpha value is -3.94. The number of carbonyl (C=O) groups is 1. The molecule has 3 rings (SSSR count). The molecule has 0 saturated heterocycles. The molecule has 1 aromatic heterocycles. The van der Waals surface area contributed by atoms with E-state index in [0.717, 1.165) is 5.56 Å². The van der Waals surface area contributed by atoms with Crippen molar-refractivity contribution >= 4 is 16.8 Å². The molecular weight excluding hydrogens is 400 g/mol. The number of nitrogens with one attached hydrogen (secondary N) is 1. The lowest BCUT2D eigenvalue weighted by atomic mass is 10.1. The van der Waals surface area contributed by atoms with Crippen molar-refractivity contribution in [1.29, 1.82) is 0 Å². The molecule has 0 atom stereocenters. The number of ether oxygens (including phenoxy) is 3. The van der Waals surface area contributed by atoms with E-state index in [-0.39, 0.29) is 24.0 Å². The number of hydrogen-bond donors (Lipinski definition) is 2. The molecule has 162 valence electrons. The highest BCUT2D eigenvalue weighted by molar-refractivity contribution is 6.03. The van der Waals surface area contributed by atoms with Gasteiger partial charge in [-0.3, -0.25) is 9.59 Å². The minimum absolute atomic E-state index is 0.143. The minimum Gasteiger partial charge on any atom is -0.506 e. The summed E-state index contributed by atoms with van der Waals surface area (Å²) in [6, 6.07) is 10.2. The molecular formula is C23H24N2O6. The molecule has 0 saturated carbocycles. The van der Waals surface area contributed by atoms with Crippen molar-refractivity contribution in [3.8, 4) is 23.0 Å². The monoisotopic (exact) mass is 424 g/mol. The number of nitrogens with zero attached hydrogens (tertiary/aromatic N) is 1. The van der Waals surface area contributed by atoms with Gasteiger partial charge in [0.15, 0.2) is 11.5 Å². The van der Waals surface area contributed by atoms with Crippen molar-refractivity contribution in [3.05, 3.63) is 70.5 Å². The number of aromatic hydroxyl groups is 1. The van der Waals surface area contributed by atoms with Gasteiger partial charge in [0.2, 0.25) is 0 Å². The molecule has 3 aromatic rings. The Balaban J connectivity index is 2.06. The average molecular weight is 424 g/mol. The lowest BCUT2D eigenvalue weighted by Gasteiger charge is -2.16. The quantitative estimate of drug-likeness (QED) is 0.540. The van der Waals surface area contributed by atoms with Crippen molar-refractivity contribution in [2.75, 3.05) is 21.3 Å². The third kappa shape index (κ3) is 4.18. The standard InChI is InChI=1S/C23H24N2O6/c1-5-10-25-17-12-19(31-4)18(30-3)11-16(17)21(26)20(23(25)28)22(27)24-13-14-6-8-15(29-2)9-7-14/h5-9,11-12,26H,1,10,13H2,2-4H3,(H,24,27). The van der Waals surface area contributed by atoms with E-state index in [0.29, 0.717) is 22.8 Å². The first-order chi connectivity index (χ1) is 14.9.